The summed E-state index contributed by atoms with van der Waals surface area (Å²) >= 11 is 1.48. The number of alkyl carbamates (subject to hydrolysis) is 1. The molecule has 1 fully saturated rings. The van der Waals surface area contributed by atoms with Gasteiger partial charge in [-0.3, -0.25) is 30.0 Å². The summed E-state index contributed by atoms with van der Waals surface area (Å²) in [7, 11) is 1.47. The fourth-order valence-electron chi connectivity index (χ4n) is 4.95. The molecule has 1 saturated heterocycles. The zero-order valence-electron chi connectivity index (χ0n) is 25.7. The number of nitrogens with one attached hydrogen (secondary N) is 3. The number of ether oxygens (including phenoxy) is 1. The van der Waals surface area contributed by atoms with Gasteiger partial charge in [0.25, 0.3) is 23.3 Å². The number of thiazole rings is 1. The number of carbonyl (C=O) groups excluding carboxylic acids is 4. The number of hydrazine groups is 1. The van der Waals surface area contributed by atoms with Crippen LogP contribution in [0.15, 0.2) is 52.6 Å². The molecular weight excluding hydrogens is 584 g/mol. The van der Waals surface area contributed by atoms with Gasteiger partial charge in [0.15, 0.2) is 0 Å². The number of likely N-dealkylation sites (tertiary alicyclic amines) is 1. The Morgan fingerprint density at radius 1 is 1.07 bits per heavy atom. The SMILES string of the molecule is Cc1csc([C@H]2CCCN2C(=O)c2cc(C(=O)NNC(=O)[C@@](C)(Cc3ccccc3)NC(=O)OC(C)(C)C)cc(=O)n2C)n1. The van der Waals surface area contributed by atoms with Gasteiger partial charge >= 0.3 is 6.09 Å². The minimum Gasteiger partial charge on any atom is -0.444 e. The van der Waals surface area contributed by atoms with Crippen molar-refractivity contribution in [2.24, 2.45) is 7.05 Å². The molecule has 0 spiro atoms. The Morgan fingerprint density at radius 3 is 2.41 bits per heavy atom. The molecule has 3 N–H and O–H groups in total. The summed E-state index contributed by atoms with van der Waals surface area (Å²) in [6.07, 6.45) is 0.821. The number of hydrogen-bond donors (Lipinski definition) is 3. The van der Waals surface area contributed by atoms with Gasteiger partial charge in [-0.25, -0.2) is 9.78 Å². The van der Waals surface area contributed by atoms with E-state index in [9.17, 15) is 24.0 Å². The smallest absolute Gasteiger partial charge is 0.408 e. The predicted octanol–water partition coefficient (Wildman–Crippen LogP) is 3.41. The number of benzene rings is 1. The average molecular weight is 623 g/mol. The van der Waals surface area contributed by atoms with Gasteiger partial charge in [-0.2, -0.15) is 0 Å². The quantitative estimate of drug-likeness (QED) is 0.342. The third-order valence-corrected chi connectivity index (χ3v) is 8.21. The number of aromatic nitrogens is 2. The maximum Gasteiger partial charge on any atom is 0.408 e. The van der Waals surface area contributed by atoms with Crippen LogP contribution in [0.25, 0.3) is 0 Å². The van der Waals surface area contributed by atoms with Crippen molar-refractivity contribution >= 4 is 35.2 Å². The molecule has 13 heteroatoms. The molecule has 2 aromatic heterocycles. The molecule has 1 aliphatic heterocycles. The van der Waals surface area contributed by atoms with Gasteiger partial charge in [0.1, 0.15) is 21.8 Å². The van der Waals surface area contributed by atoms with Gasteiger partial charge in [0.05, 0.1) is 6.04 Å². The Labute approximate surface area is 259 Å². The van der Waals surface area contributed by atoms with Crippen LogP contribution in [-0.4, -0.2) is 56.0 Å². The first-order chi connectivity index (χ1) is 20.7. The third-order valence-electron chi connectivity index (χ3n) is 7.15. The number of aryl methyl sites for hydroxylation is 1. The van der Waals surface area contributed by atoms with Crippen molar-refractivity contribution in [3.05, 3.63) is 85.7 Å². The lowest BCUT2D eigenvalue weighted by Crippen LogP contribution is -2.61. The van der Waals surface area contributed by atoms with Crippen LogP contribution in [0.4, 0.5) is 4.79 Å². The van der Waals surface area contributed by atoms with Crippen LogP contribution < -0.4 is 21.7 Å². The number of rotatable bonds is 7. The first-order valence-electron chi connectivity index (χ1n) is 14.3. The van der Waals surface area contributed by atoms with Crippen LogP contribution in [0.3, 0.4) is 0 Å². The molecular formula is C31H38N6O6S. The number of nitrogens with zero attached hydrogens (tertiary/aromatic N) is 3. The van der Waals surface area contributed by atoms with Crippen LogP contribution >= 0.6 is 11.3 Å². The van der Waals surface area contributed by atoms with Crippen LogP contribution in [0.2, 0.25) is 0 Å². The average Bonchev–Trinajstić information content (AvgIpc) is 3.61. The maximum atomic E-state index is 13.6. The largest absolute Gasteiger partial charge is 0.444 e. The second kappa shape index (κ2) is 13.0. The van der Waals surface area contributed by atoms with Crippen molar-refractivity contribution < 1.29 is 23.9 Å². The highest BCUT2D eigenvalue weighted by Crippen LogP contribution is 2.34. The summed E-state index contributed by atoms with van der Waals surface area (Å²) in [5, 5.41) is 5.38. The van der Waals surface area contributed by atoms with Crippen molar-refractivity contribution in [3.63, 3.8) is 0 Å². The number of pyridine rings is 1. The summed E-state index contributed by atoms with van der Waals surface area (Å²) < 4.78 is 6.56. The topological polar surface area (TPSA) is 152 Å². The fourth-order valence-corrected chi connectivity index (χ4v) is 5.89. The molecule has 0 aliphatic carbocycles. The van der Waals surface area contributed by atoms with Crippen LogP contribution in [0.5, 0.6) is 0 Å². The molecule has 44 heavy (non-hydrogen) atoms. The van der Waals surface area contributed by atoms with Crippen LogP contribution in [0, 0.1) is 6.92 Å². The Morgan fingerprint density at radius 2 is 1.77 bits per heavy atom. The Hall–Kier alpha value is -4.52. The van der Waals surface area contributed by atoms with Gasteiger partial charge in [-0.1, -0.05) is 30.3 Å². The third kappa shape index (κ3) is 7.70. The first kappa shape index (κ1) is 32.4. The van der Waals surface area contributed by atoms with Gasteiger partial charge in [-0.05, 0) is 59.1 Å². The minimum absolute atomic E-state index is 0.0367. The molecule has 1 aliphatic rings. The van der Waals surface area contributed by atoms with Gasteiger partial charge in [0.2, 0.25) is 0 Å². The summed E-state index contributed by atoms with van der Waals surface area (Å²) in [5.41, 5.74) is 3.35. The number of carbonyl (C=O) groups is 4. The van der Waals surface area contributed by atoms with E-state index < -0.39 is 40.5 Å². The lowest BCUT2D eigenvalue weighted by atomic mass is 9.92. The van der Waals surface area contributed by atoms with E-state index in [2.05, 4.69) is 21.2 Å². The molecule has 12 nitrogen and oxygen atoms in total. The standard InChI is InChI=1S/C31H38N6O6S/c1-19-18-44-26(32-19)22-13-10-14-37(22)27(40)23-15-21(16-24(38)36(23)6)25(39)34-35-28(41)31(5,17-20-11-8-7-9-12-20)33-29(42)43-30(2,3)4/h7-9,11-12,15-16,18,22H,10,13-14,17H2,1-6H3,(H,33,42)(H,34,39)(H,35,41)/t22-,31-/m1/s1. The van der Waals surface area contributed by atoms with E-state index in [0.717, 1.165) is 35.2 Å². The molecule has 0 bridgehead atoms. The lowest BCUT2D eigenvalue weighted by Gasteiger charge is -2.31. The maximum absolute atomic E-state index is 13.6. The van der Waals surface area contributed by atoms with Crippen molar-refractivity contribution in [1.82, 2.24) is 30.6 Å². The summed E-state index contributed by atoms with van der Waals surface area (Å²) in [6, 6.07) is 11.3. The number of amides is 4. The van der Waals surface area contributed by atoms with E-state index >= 15 is 0 Å². The van der Waals surface area contributed by atoms with Crippen molar-refractivity contribution in [1.29, 1.82) is 0 Å². The summed E-state index contributed by atoms with van der Waals surface area (Å²) in [6.45, 7) is 9.01. The van der Waals surface area contributed by atoms with E-state index in [1.807, 2.05) is 18.4 Å². The van der Waals surface area contributed by atoms with Crippen molar-refractivity contribution in [2.75, 3.05) is 6.54 Å². The van der Waals surface area contributed by atoms with Crippen LogP contribution in [0.1, 0.15) is 83.7 Å². The normalized spacial score (nSPS) is 16.1. The lowest BCUT2D eigenvalue weighted by molar-refractivity contribution is -0.127. The zero-order chi connectivity index (χ0) is 32.2. The van der Waals surface area contributed by atoms with E-state index in [-0.39, 0.29) is 23.7 Å². The van der Waals surface area contributed by atoms with E-state index in [0.29, 0.717) is 6.54 Å². The summed E-state index contributed by atoms with van der Waals surface area (Å²) in [4.78, 5) is 71.9. The molecule has 0 saturated carbocycles. The highest BCUT2D eigenvalue weighted by molar-refractivity contribution is 7.09. The molecule has 0 unspecified atom stereocenters. The molecule has 0 radical (unpaired) electrons. The first-order valence-corrected chi connectivity index (χ1v) is 15.1. The Kier molecular flexibility index (Phi) is 9.57. The Balaban J connectivity index is 1.52. The highest BCUT2D eigenvalue weighted by atomic mass is 32.1. The molecule has 2 atom stereocenters. The van der Waals surface area contributed by atoms with E-state index in [4.69, 9.17) is 4.74 Å². The second-order valence-electron chi connectivity index (χ2n) is 12.0. The molecule has 3 heterocycles. The van der Waals surface area contributed by atoms with Gasteiger partial charge < -0.3 is 19.5 Å². The molecule has 4 rings (SSSR count). The number of hydrogen-bond acceptors (Lipinski definition) is 8. The van der Waals surface area contributed by atoms with Crippen LogP contribution in [-0.2, 0) is 23.0 Å². The summed E-state index contributed by atoms with van der Waals surface area (Å²) in [5.74, 6) is -1.92. The van der Waals surface area contributed by atoms with Gasteiger partial charge in [0, 0.05) is 42.7 Å². The molecule has 234 valence electrons. The van der Waals surface area contributed by atoms with Gasteiger partial charge in [-0.15, -0.1) is 11.3 Å². The van der Waals surface area contributed by atoms with E-state index in [1.54, 1.807) is 49.9 Å². The van der Waals surface area contributed by atoms with Crippen molar-refractivity contribution in [3.8, 4) is 0 Å². The monoisotopic (exact) mass is 622 g/mol. The second-order valence-corrected chi connectivity index (χ2v) is 12.9. The van der Waals surface area contributed by atoms with E-state index in [1.165, 1.54) is 35.9 Å². The predicted molar refractivity (Wildman–Crippen MR) is 165 cm³/mol. The molecule has 3 aromatic rings. The molecule has 4 amide bonds. The highest BCUT2D eigenvalue weighted by Gasteiger charge is 2.38. The molecule has 1 aromatic carbocycles. The minimum atomic E-state index is -1.52. The zero-order valence-corrected chi connectivity index (χ0v) is 26.5. The Bertz CT molecular complexity index is 1610. The fraction of sp³-hybridized carbons (Fsp3) is 0.419. The van der Waals surface area contributed by atoms with Crippen molar-refractivity contribution in [2.45, 2.75) is 71.1 Å².